The number of amides is 2. The highest BCUT2D eigenvalue weighted by atomic mass is 16.2. The molecule has 0 atom stereocenters. The molecule has 2 N–H and O–H groups in total. The quantitative estimate of drug-likeness (QED) is 0.547. The molecule has 0 aliphatic carbocycles. The van der Waals surface area contributed by atoms with Gasteiger partial charge in [-0.25, -0.2) is 0 Å². The van der Waals surface area contributed by atoms with Crippen LogP contribution in [-0.2, 0) is 0 Å². The minimum absolute atomic E-state index is 0.293. The summed E-state index contributed by atoms with van der Waals surface area (Å²) in [6.07, 6.45) is 3.08. The van der Waals surface area contributed by atoms with E-state index in [1.54, 1.807) is 42.6 Å². The predicted molar refractivity (Wildman–Crippen MR) is 111 cm³/mol. The fraction of sp³-hybridized carbons (Fsp3) is 0. The molecule has 1 heterocycles. The van der Waals surface area contributed by atoms with E-state index < -0.39 is 0 Å². The van der Waals surface area contributed by atoms with E-state index in [2.05, 4.69) is 15.6 Å². The molecule has 0 saturated carbocycles. The third-order valence-corrected chi connectivity index (χ3v) is 4.38. The molecule has 0 fully saturated rings. The number of nitrogens with zero attached hydrogens (tertiary/aromatic N) is 1. The van der Waals surface area contributed by atoms with Crippen LogP contribution in [-0.4, -0.2) is 16.8 Å². The van der Waals surface area contributed by atoms with Gasteiger partial charge in [-0.2, -0.15) is 0 Å². The first kappa shape index (κ1) is 17.4. The van der Waals surface area contributed by atoms with Gasteiger partial charge < -0.3 is 10.6 Å². The summed E-state index contributed by atoms with van der Waals surface area (Å²) in [4.78, 5) is 29.3. The Bertz CT molecular complexity index is 1150. The van der Waals surface area contributed by atoms with Crippen LogP contribution in [0.25, 0.3) is 10.8 Å². The first-order valence-corrected chi connectivity index (χ1v) is 8.82. The highest BCUT2D eigenvalue weighted by molar-refractivity contribution is 6.14. The standard InChI is InChI=1S/C23H17N3O2/c27-22(17-9-6-14-24-15-17)25-21-12-4-3-11-19(21)23(28)26-20-13-5-8-16-7-1-2-10-18(16)20/h1-15H,(H,25,27)(H,26,28). The van der Waals surface area contributed by atoms with Gasteiger partial charge in [0.25, 0.3) is 11.8 Å². The van der Waals surface area contributed by atoms with Crippen molar-refractivity contribution in [2.24, 2.45) is 0 Å². The van der Waals surface area contributed by atoms with E-state index in [-0.39, 0.29) is 11.8 Å². The fourth-order valence-corrected chi connectivity index (χ4v) is 3.01. The van der Waals surface area contributed by atoms with Crippen LogP contribution in [0.2, 0.25) is 0 Å². The van der Waals surface area contributed by atoms with Crippen molar-refractivity contribution >= 4 is 34.0 Å². The number of rotatable bonds is 4. The Morgan fingerprint density at radius 1 is 0.679 bits per heavy atom. The Labute approximate surface area is 162 Å². The summed E-state index contributed by atoms with van der Waals surface area (Å²) >= 11 is 0. The van der Waals surface area contributed by atoms with Gasteiger partial charge in [0.15, 0.2) is 0 Å². The number of hydrogen-bond donors (Lipinski definition) is 2. The molecule has 0 bridgehead atoms. The molecule has 5 nitrogen and oxygen atoms in total. The summed E-state index contributed by atoms with van der Waals surface area (Å²) < 4.78 is 0. The maximum absolute atomic E-state index is 12.9. The van der Waals surface area contributed by atoms with Crippen LogP contribution >= 0.6 is 0 Å². The van der Waals surface area contributed by atoms with E-state index in [1.807, 2.05) is 42.5 Å². The van der Waals surface area contributed by atoms with E-state index in [4.69, 9.17) is 0 Å². The minimum Gasteiger partial charge on any atom is -0.321 e. The zero-order chi connectivity index (χ0) is 19.3. The second kappa shape index (κ2) is 7.72. The number of carbonyl (C=O) groups is 2. The van der Waals surface area contributed by atoms with E-state index in [1.165, 1.54) is 6.20 Å². The van der Waals surface area contributed by atoms with Gasteiger partial charge in [0, 0.05) is 23.5 Å². The number of aromatic nitrogens is 1. The van der Waals surface area contributed by atoms with E-state index in [0.717, 1.165) is 16.5 Å². The third kappa shape index (κ3) is 3.59. The number of para-hydroxylation sites is 1. The molecule has 3 aromatic carbocycles. The minimum atomic E-state index is -0.321. The van der Waals surface area contributed by atoms with Gasteiger partial charge >= 0.3 is 0 Å². The highest BCUT2D eigenvalue weighted by Crippen LogP contribution is 2.25. The smallest absolute Gasteiger partial charge is 0.257 e. The molecule has 0 unspecified atom stereocenters. The van der Waals surface area contributed by atoms with Gasteiger partial charge in [0.1, 0.15) is 0 Å². The van der Waals surface area contributed by atoms with Crippen LogP contribution in [0, 0.1) is 0 Å². The average molecular weight is 367 g/mol. The van der Waals surface area contributed by atoms with Gasteiger partial charge in [0.05, 0.1) is 16.8 Å². The first-order valence-electron chi connectivity index (χ1n) is 8.82. The fourth-order valence-electron chi connectivity index (χ4n) is 3.01. The Morgan fingerprint density at radius 2 is 1.39 bits per heavy atom. The maximum atomic E-state index is 12.9. The lowest BCUT2D eigenvalue weighted by atomic mass is 10.1. The van der Waals surface area contributed by atoms with E-state index in [9.17, 15) is 9.59 Å². The normalized spacial score (nSPS) is 10.4. The molecule has 0 aliphatic heterocycles. The van der Waals surface area contributed by atoms with Crippen LogP contribution in [0.4, 0.5) is 11.4 Å². The Kier molecular flexibility index (Phi) is 4.80. The number of anilines is 2. The number of hydrogen-bond acceptors (Lipinski definition) is 3. The molecule has 4 rings (SSSR count). The number of fused-ring (bicyclic) bond motifs is 1. The van der Waals surface area contributed by atoms with Gasteiger partial charge in [-0.1, -0.05) is 48.5 Å². The van der Waals surface area contributed by atoms with Crippen LogP contribution in [0.15, 0.2) is 91.3 Å². The zero-order valence-corrected chi connectivity index (χ0v) is 14.9. The number of carbonyl (C=O) groups excluding carboxylic acids is 2. The van der Waals surface area contributed by atoms with Crippen LogP contribution < -0.4 is 10.6 Å². The van der Waals surface area contributed by atoms with Gasteiger partial charge in [0.2, 0.25) is 0 Å². The summed E-state index contributed by atoms with van der Waals surface area (Å²) in [7, 11) is 0. The van der Waals surface area contributed by atoms with Gasteiger partial charge in [-0.15, -0.1) is 0 Å². The lowest BCUT2D eigenvalue weighted by Gasteiger charge is -2.13. The molecule has 5 heteroatoms. The monoisotopic (exact) mass is 367 g/mol. The summed E-state index contributed by atoms with van der Waals surface area (Å²) in [5.41, 5.74) is 1.96. The van der Waals surface area contributed by atoms with Crippen LogP contribution in [0.5, 0.6) is 0 Å². The number of nitrogens with one attached hydrogen (secondary N) is 2. The zero-order valence-electron chi connectivity index (χ0n) is 14.9. The van der Waals surface area contributed by atoms with Crippen molar-refractivity contribution in [2.45, 2.75) is 0 Å². The average Bonchev–Trinajstić information content (AvgIpc) is 2.75. The molecular weight excluding hydrogens is 350 g/mol. The lowest BCUT2D eigenvalue weighted by molar-refractivity contribution is 0.102. The predicted octanol–water partition coefficient (Wildman–Crippen LogP) is 4.74. The molecule has 2 amide bonds. The van der Waals surface area contributed by atoms with Crippen molar-refractivity contribution in [3.8, 4) is 0 Å². The largest absolute Gasteiger partial charge is 0.321 e. The van der Waals surface area contributed by atoms with Crippen LogP contribution in [0.1, 0.15) is 20.7 Å². The Morgan fingerprint density at radius 3 is 2.25 bits per heavy atom. The maximum Gasteiger partial charge on any atom is 0.257 e. The summed E-state index contributed by atoms with van der Waals surface area (Å²) in [5, 5.41) is 7.74. The van der Waals surface area contributed by atoms with Crippen LogP contribution in [0.3, 0.4) is 0 Å². The number of pyridine rings is 1. The molecule has 0 radical (unpaired) electrons. The van der Waals surface area contributed by atoms with Gasteiger partial charge in [-0.3, -0.25) is 14.6 Å². The summed E-state index contributed by atoms with van der Waals surface area (Å²) in [6.45, 7) is 0. The van der Waals surface area contributed by atoms with E-state index >= 15 is 0 Å². The molecule has 1 aromatic heterocycles. The second-order valence-corrected chi connectivity index (χ2v) is 6.22. The number of benzene rings is 3. The van der Waals surface area contributed by atoms with Crippen molar-refractivity contribution in [1.82, 2.24) is 4.98 Å². The molecule has 0 spiro atoms. The Balaban J connectivity index is 1.61. The molecule has 0 aliphatic rings. The lowest BCUT2D eigenvalue weighted by Crippen LogP contribution is -2.18. The van der Waals surface area contributed by atoms with Crippen molar-refractivity contribution in [2.75, 3.05) is 10.6 Å². The van der Waals surface area contributed by atoms with E-state index in [0.29, 0.717) is 16.8 Å². The molecule has 0 saturated heterocycles. The summed E-state index contributed by atoms with van der Waals surface area (Å²) in [5.74, 6) is -0.614. The van der Waals surface area contributed by atoms with Crippen molar-refractivity contribution in [3.63, 3.8) is 0 Å². The highest BCUT2D eigenvalue weighted by Gasteiger charge is 2.15. The second-order valence-electron chi connectivity index (χ2n) is 6.22. The first-order chi connectivity index (χ1) is 13.7. The van der Waals surface area contributed by atoms with Crippen molar-refractivity contribution < 1.29 is 9.59 Å². The summed E-state index contributed by atoms with van der Waals surface area (Å²) in [6, 6.07) is 23.9. The topological polar surface area (TPSA) is 71.1 Å². The van der Waals surface area contributed by atoms with Gasteiger partial charge in [-0.05, 0) is 35.7 Å². The molecule has 28 heavy (non-hydrogen) atoms. The Hall–Kier alpha value is -3.99. The third-order valence-electron chi connectivity index (χ3n) is 4.38. The SMILES string of the molecule is O=C(Nc1ccccc1C(=O)Nc1cccc2ccccc12)c1cccnc1. The van der Waals surface area contributed by atoms with Crippen molar-refractivity contribution in [1.29, 1.82) is 0 Å². The molecule has 136 valence electrons. The van der Waals surface area contributed by atoms with Crippen molar-refractivity contribution in [3.05, 3.63) is 102 Å². The molecular formula is C23H17N3O2. The molecule has 4 aromatic rings.